The van der Waals surface area contributed by atoms with Gasteiger partial charge in [-0.05, 0) is 48.5 Å². The topological polar surface area (TPSA) is 12.0 Å². The zero-order valence-electron chi connectivity index (χ0n) is 10.7. The van der Waals surface area contributed by atoms with Crippen molar-refractivity contribution in [2.45, 2.75) is 26.8 Å². The molecule has 1 nitrogen and oxygen atoms in total. The van der Waals surface area contributed by atoms with E-state index in [2.05, 4.69) is 61.8 Å². The van der Waals surface area contributed by atoms with Crippen LogP contribution in [-0.4, -0.2) is 6.54 Å². The fourth-order valence-electron chi connectivity index (χ4n) is 2.20. The quantitative estimate of drug-likeness (QED) is 0.842. The van der Waals surface area contributed by atoms with Gasteiger partial charge in [0.25, 0.3) is 0 Å². The number of hydrogen-bond acceptors (Lipinski definition) is 2. The van der Waals surface area contributed by atoms with Crippen molar-refractivity contribution in [3.8, 4) is 11.1 Å². The first-order valence-electron chi connectivity index (χ1n) is 6.10. The summed E-state index contributed by atoms with van der Waals surface area (Å²) in [5.74, 6) is 0. The van der Waals surface area contributed by atoms with E-state index in [0.29, 0.717) is 6.04 Å². The van der Waals surface area contributed by atoms with Crippen molar-refractivity contribution >= 4 is 11.3 Å². The summed E-state index contributed by atoms with van der Waals surface area (Å²) in [7, 11) is 0. The van der Waals surface area contributed by atoms with Crippen LogP contribution in [0.3, 0.4) is 0 Å². The summed E-state index contributed by atoms with van der Waals surface area (Å²) in [6.07, 6.45) is 0. The molecule has 2 heteroatoms. The van der Waals surface area contributed by atoms with Gasteiger partial charge in [-0.15, -0.1) is 11.3 Å². The van der Waals surface area contributed by atoms with Crippen LogP contribution in [0, 0.1) is 6.92 Å². The second kappa shape index (κ2) is 5.48. The van der Waals surface area contributed by atoms with E-state index in [1.807, 2.05) is 11.3 Å². The van der Waals surface area contributed by atoms with Crippen molar-refractivity contribution in [1.29, 1.82) is 0 Å². The van der Waals surface area contributed by atoms with Gasteiger partial charge >= 0.3 is 0 Å². The Morgan fingerprint density at radius 1 is 1.18 bits per heavy atom. The summed E-state index contributed by atoms with van der Waals surface area (Å²) < 4.78 is 0. The Bertz CT molecular complexity index is 487. The van der Waals surface area contributed by atoms with Gasteiger partial charge in [0.15, 0.2) is 0 Å². The Hall–Kier alpha value is -1.12. The Kier molecular flexibility index (Phi) is 3.97. The average Bonchev–Trinajstić information content (AvgIpc) is 2.76. The van der Waals surface area contributed by atoms with E-state index in [4.69, 9.17) is 0 Å². The van der Waals surface area contributed by atoms with E-state index in [1.54, 1.807) is 0 Å². The minimum atomic E-state index is 0.399. The lowest BCUT2D eigenvalue weighted by Crippen LogP contribution is -2.18. The van der Waals surface area contributed by atoms with E-state index >= 15 is 0 Å². The van der Waals surface area contributed by atoms with Gasteiger partial charge in [0.2, 0.25) is 0 Å². The van der Waals surface area contributed by atoms with E-state index in [1.165, 1.54) is 21.6 Å². The molecule has 2 aromatic rings. The number of nitrogens with one attached hydrogen (secondary N) is 1. The molecule has 0 bridgehead atoms. The van der Waals surface area contributed by atoms with Gasteiger partial charge in [0, 0.05) is 10.9 Å². The first-order chi connectivity index (χ1) is 8.24. The standard InChI is InChI=1S/C15H19NS/c1-4-16-11(2)13-7-5-6-8-15(13)14-9-10-17-12(14)3/h5-11,16H,4H2,1-3H3. The zero-order valence-corrected chi connectivity index (χ0v) is 11.5. The fraction of sp³-hybridized carbons (Fsp3) is 0.333. The van der Waals surface area contributed by atoms with E-state index in [9.17, 15) is 0 Å². The number of rotatable bonds is 4. The van der Waals surface area contributed by atoms with E-state index in [0.717, 1.165) is 6.54 Å². The lowest BCUT2D eigenvalue weighted by atomic mass is 9.96. The maximum absolute atomic E-state index is 3.49. The molecule has 0 fully saturated rings. The van der Waals surface area contributed by atoms with Crippen LogP contribution in [0.15, 0.2) is 35.7 Å². The third-order valence-electron chi connectivity index (χ3n) is 3.09. The second-order valence-corrected chi connectivity index (χ2v) is 5.38. The van der Waals surface area contributed by atoms with Crippen LogP contribution < -0.4 is 5.32 Å². The fourth-order valence-corrected chi connectivity index (χ4v) is 2.91. The predicted octanol–water partition coefficient (Wildman–Crippen LogP) is 4.39. The minimum absolute atomic E-state index is 0.399. The van der Waals surface area contributed by atoms with Gasteiger partial charge in [-0.3, -0.25) is 0 Å². The summed E-state index contributed by atoms with van der Waals surface area (Å²) >= 11 is 1.81. The zero-order chi connectivity index (χ0) is 12.3. The van der Waals surface area contributed by atoms with Gasteiger partial charge in [-0.2, -0.15) is 0 Å². The van der Waals surface area contributed by atoms with E-state index < -0.39 is 0 Å². The van der Waals surface area contributed by atoms with Crippen LogP contribution in [-0.2, 0) is 0 Å². The normalized spacial score (nSPS) is 12.6. The van der Waals surface area contributed by atoms with Crippen LogP contribution in [0.5, 0.6) is 0 Å². The van der Waals surface area contributed by atoms with Crippen molar-refractivity contribution in [2.24, 2.45) is 0 Å². The minimum Gasteiger partial charge on any atom is -0.310 e. The molecule has 1 aromatic carbocycles. The van der Waals surface area contributed by atoms with Crippen LogP contribution in [0.2, 0.25) is 0 Å². The molecule has 0 amide bonds. The summed E-state index contributed by atoms with van der Waals surface area (Å²) in [5, 5.41) is 5.65. The molecule has 1 heterocycles. The summed E-state index contributed by atoms with van der Waals surface area (Å²) in [4.78, 5) is 1.39. The van der Waals surface area contributed by atoms with Crippen molar-refractivity contribution < 1.29 is 0 Å². The molecule has 2 rings (SSSR count). The first-order valence-corrected chi connectivity index (χ1v) is 6.98. The molecule has 1 N–H and O–H groups in total. The molecule has 0 aliphatic carbocycles. The molecule has 0 aliphatic heterocycles. The smallest absolute Gasteiger partial charge is 0.0297 e. The average molecular weight is 245 g/mol. The summed E-state index contributed by atoms with van der Waals surface area (Å²) in [6.45, 7) is 7.56. The Morgan fingerprint density at radius 3 is 2.59 bits per heavy atom. The number of aryl methyl sites for hydroxylation is 1. The molecular formula is C15H19NS. The number of thiophene rings is 1. The van der Waals surface area contributed by atoms with Gasteiger partial charge in [0.1, 0.15) is 0 Å². The van der Waals surface area contributed by atoms with Crippen molar-refractivity contribution in [1.82, 2.24) is 5.32 Å². The Morgan fingerprint density at radius 2 is 1.94 bits per heavy atom. The molecule has 0 aliphatic rings. The lowest BCUT2D eigenvalue weighted by Gasteiger charge is -2.17. The predicted molar refractivity (Wildman–Crippen MR) is 76.6 cm³/mol. The highest BCUT2D eigenvalue weighted by Crippen LogP contribution is 2.32. The molecular weight excluding hydrogens is 226 g/mol. The summed E-state index contributed by atoms with van der Waals surface area (Å²) in [6, 6.07) is 11.3. The van der Waals surface area contributed by atoms with Crippen LogP contribution in [0.25, 0.3) is 11.1 Å². The molecule has 0 radical (unpaired) electrons. The number of benzene rings is 1. The number of hydrogen-bond donors (Lipinski definition) is 1. The lowest BCUT2D eigenvalue weighted by molar-refractivity contribution is 0.599. The molecule has 0 spiro atoms. The van der Waals surface area contributed by atoms with Gasteiger partial charge in [-0.25, -0.2) is 0 Å². The third-order valence-corrected chi connectivity index (χ3v) is 3.93. The highest BCUT2D eigenvalue weighted by Gasteiger charge is 2.12. The second-order valence-electron chi connectivity index (χ2n) is 4.26. The van der Waals surface area contributed by atoms with Crippen molar-refractivity contribution in [3.05, 3.63) is 46.2 Å². The monoisotopic (exact) mass is 245 g/mol. The van der Waals surface area contributed by atoms with Gasteiger partial charge in [-0.1, -0.05) is 31.2 Å². The molecule has 1 unspecified atom stereocenters. The maximum Gasteiger partial charge on any atom is 0.0297 e. The van der Waals surface area contributed by atoms with Crippen LogP contribution in [0.1, 0.15) is 30.3 Å². The molecule has 1 aromatic heterocycles. The largest absolute Gasteiger partial charge is 0.310 e. The van der Waals surface area contributed by atoms with Crippen LogP contribution in [0.4, 0.5) is 0 Å². The molecule has 90 valence electrons. The maximum atomic E-state index is 3.49. The van der Waals surface area contributed by atoms with Crippen molar-refractivity contribution in [2.75, 3.05) is 6.54 Å². The van der Waals surface area contributed by atoms with Crippen LogP contribution >= 0.6 is 11.3 Å². The van der Waals surface area contributed by atoms with E-state index in [-0.39, 0.29) is 0 Å². The Balaban J connectivity index is 2.44. The molecule has 0 saturated heterocycles. The highest BCUT2D eigenvalue weighted by molar-refractivity contribution is 7.10. The molecule has 0 saturated carbocycles. The molecule has 17 heavy (non-hydrogen) atoms. The van der Waals surface area contributed by atoms with Gasteiger partial charge < -0.3 is 5.32 Å². The molecule has 1 atom stereocenters. The SMILES string of the molecule is CCNC(C)c1ccccc1-c1ccsc1C. The first kappa shape index (κ1) is 12.3. The summed E-state index contributed by atoms with van der Waals surface area (Å²) in [5.41, 5.74) is 4.12. The van der Waals surface area contributed by atoms with Gasteiger partial charge in [0.05, 0.1) is 0 Å². The highest BCUT2D eigenvalue weighted by atomic mass is 32.1. The Labute approximate surface area is 108 Å². The third kappa shape index (κ3) is 2.59. The van der Waals surface area contributed by atoms with Crippen molar-refractivity contribution in [3.63, 3.8) is 0 Å².